The molecule has 0 unspecified atom stereocenters. The molecule has 144 valence electrons. The van der Waals surface area contributed by atoms with E-state index in [1.54, 1.807) is 15.8 Å². The van der Waals surface area contributed by atoms with Gasteiger partial charge in [0.25, 0.3) is 5.91 Å². The van der Waals surface area contributed by atoms with Gasteiger partial charge in [-0.15, -0.1) is 0 Å². The van der Waals surface area contributed by atoms with Gasteiger partial charge in [0.2, 0.25) is 0 Å². The molecule has 2 aromatic heterocycles. The molecule has 2 aromatic rings. The lowest BCUT2D eigenvalue weighted by Gasteiger charge is -2.30. The summed E-state index contributed by atoms with van der Waals surface area (Å²) in [5.74, 6) is 0.168. The number of anilines is 1. The SMILES string of the molecule is Cc1cccnc1NC(=O)c1nn(C)c2c1CN(C(=O)OC(C)(C)C)CC2. The van der Waals surface area contributed by atoms with Gasteiger partial charge in [-0.05, 0) is 39.3 Å². The van der Waals surface area contributed by atoms with E-state index >= 15 is 0 Å². The number of carbonyl (C=O) groups is 2. The summed E-state index contributed by atoms with van der Waals surface area (Å²) in [6.07, 6.45) is 1.86. The number of aryl methyl sites for hydroxylation is 2. The zero-order valence-electron chi connectivity index (χ0n) is 16.4. The molecule has 27 heavy (non-hydrogen) atoms. The van der Waals surface area contributed by atoms with E-state index in [2.05, 4.69) is 15.4 Å². The Kier molecular flexibility index (Phi) is 4.91. The highest BCUT2D eigenvalue weighted by molar-refractivity contribution is 6.04. The lowest BCUT2D eigenvalue weighted by Crippen LogP contribution is -2.40. The number of aromatic nitrogens is 3. The molecule has 1 N–H and O–H groups in total. The molecule has 0 saturated carbocycles. The Labute approximate surface area is 158 Å². The van der Waals surface area contributed by atoms with Crippen molar-refractivity contribution in [3.8, 4) is 0 Å². The Morgan fingerprint density at radius 1 is 1.30 bits per heavy atom. The third kappa shape index (κ3) is 4.10. The number of ether oxygens (including phenoxy) is 1. The second kappa shape index (κ2) is 7.02. The standard InChI is InChI=1S/C19H25N5O3/c1-12-7-6-9-20-16(12)21-17(25)15-13-11-24(18(26)27-19(2,3)4)10-8-14(13)23(5)22-15/h6-7,9H,8,10-11H2,1-5H3,(H,20,21,25). The summed E-state index contributed by atoms with van der Waals surface area (Å²) >= 11 is 0. The molecule has 0 saturated heterocycles. The number of hydrogen-bond acceptors (Lipinski definition) is 5. The average molecular weight is 371 g/mol. The van der Waals surface area contributed by atoms with Crippen molar-refractivity contribution in [2.75, 3.05) is 11.9 Å². The molecular weight excluding hydrogens is 346 g/mol. The fraction of sp³-hybridized carbons (Fsp3) is 0.474. The highest BCUT2D eigenvalue weighted by Crippen LogP contribution is 2.24. The molecule has 1 aliphatic heterocycles. The van der Waals surface area contributed by atoms with Gasteiger partial charge in [-0.1, -0.05) is 6.07 Å². The van der Waals surface area contributed by atoms with Crippen LogP contribution in [0.4, 0.5) is 10.6 Å². The maximum atomic E-state index is 12.8. The van der Waals surface area contributed by atoms with Crippen LogP contribution in [0, 0.1) is 6.92 Å². The van der Waals surface area contributed by atoms with Crippen molar-refractivity contribution in [1.29, 1.82) is 0 Å². The second-order valence-corrected chi connectivity index (χ2v) is 7.67. The van der Waals surface area contributed by atoms with E-state index in [-0.39, 0.29) is 12.0 Å². The van der Waals surface area contributed by atoms with Gasteiger partial charge < -0.3 is 15.0 Å². The fourth-order valence-electron chi connectivity index (χ4n) is 3.04. The van der Waals surface area contributed by atoms with Crippen LogP contribution in [0.5, 0.6) is 0 Å². The second-order valence-electron chi connectivity index (χ2n) is 7.67. The van der Waals surface area contributed by atoms with Crippen LogP contribution < -0.4 is 5.32 Å². The van der Waals surface area contributed by atoms with Crippen molar-refractivity contribution in [3.63, 3.8) is 0 Å². The number of amides is 2. The average Bonchev–Trinajstić information content (AvgIpc) is 2.92. The van der Waals surface area contributed by atoms with Gasteiger partial charge in [0.05, 0.1) is 6.54 Å². The van der Waals surface area contributed by atoms with E-state index in [0.29, 0.717) is 31.0 Å². The van der Waals surface area contributed by atoms with Crippen molar-refractivity contribution in [1.82, 2.24) is 19.7 Å². The van der Waals surface area contributed by atoms with Gasteiger partial charge in [0, 0.05) is 37.5 Å². The molecule has 3 rings (SSSR count). The van der Waals surface area contributed by atoms with Crippen LogP contribution in [0.25, 0.3) is 0 Å². The van der Waals surface area contributed by atoms with Crippen LogP contribution in [-0.2, 0) is 24.8 Å². The predicted octanol–water partition coefficient (Wildman–Crippen LogP) is 2.67. The van der Waals surface area contributed by atoms with Gasteiger partial charge in [-0.25, -0.2) is 9.78 Å². The minimum absolute atomic E-state index is 0.294. The molecule has 1 aliphatic rings. The van der Waals surface area contributed by atoms with Crippen LogP contribution >= 0.6 is 0 Å². The van der Waals surface area contributed by atoms with E-state index in [4.69, 9.17) is 4.74 Å². The number of rotatable bonds is 2. The van der Waals surface area contributed by atoms with Gasteiger partial charge in [-0.3, -0.25) is 9.48 Å². The Hall–Kier alpha value is -2.90. The zero-order valence-corrected chi connectivity index (χ0v) is 16.4. The number of hydrogen-bond donors (Lipinski definition) is 1. The van der Waals surface area contributed by atoms with E-state index < -0.39 is 5.60 Å². The van der Waals surface area contributed by atoms with Crippen LogP contribution in [-0.4, -0.2) is 43.8 Å². The molecule has 3 heterocycles. The maximum Gasteiger partial charge on any atom is 0.410 e. The molecule has 0 aliphatic carbocycles. The number of nitrogens with one attached hydrogen (secondary N) is 1. The van der Waals surface area contributed by atoms with Crippen molar-refractivity contribution < 1.29 is 14.3 Å². The molecule has 0 bridgehead atoms. The fourth-order valence-corrected chi connectivity index (χ4v) is 3.04. The van der Waals surface area contributed by atoms with Crippen molar-refractivity contribution in [3.05, 3.63) is 40.8 Å². The van der Waals surface area contributed by atoms with Gasteiger partial charge in [0.1, 0.15) is 11.4 Å². The highest BCUT2D eigenvalue weighted by Gasteiger charge is 2.31. The lowest BCUT2D eigenvalue weighted by atomic mass is 10.0. The Morgan fingerprint density at radius 2 is 2.04 bits per heavy atom. The third-order valence-electron chi connectivity index (χ3n) is 4.35. The number of fused-ring (bicyclic) bond motifs is 1. The first-order chi connectivity index (χ1) is 12.7. The maximum absolute atomic E-state index is 12.8. The summed E-state index contributed by atoms with van der Waals surface area (Å²) < 4.78 is 7.17. The summed E-state index contributed by atoms with van der Waals surface area (Å²) in [7, 11) is 1.81. The molecule has 8 nitrogen and oxygen atoms in total. The van der Waals surface area contributed by atoms with Gasteiger partial charge in [0.15, 0.2) is 5.69 Å². The first-order valence-electron chi connectivity index (χ1n) is 8.91. The van der Waals surface area contributed by atoms with Crippen LogP contribution in [0.1, 0.15) is 48.1 Å². The molecule has 0 radical (unpaired) electrons. The molecular formula is C19H25N5O3. The van der Waals surface area contributed by atoms with Crippen molar-refractivity contribution >= 4 is 17.8 Å². The molecule has 8 heteroatoms. The minimum Gasteiger partial charge on any atom is -0.444 e. The summed E-state index contributed by atoms with van der Waals surface area (Å²) in [5, 5.41) is 7.20. The smallest absolute Gasteiger partial charge is 0.410 e. The van der Waals surface area contributed by atoms with E-state index in [1.165, 1.54) is 0 Å². The number of nitrogens with zero attached hydrogens (tertiary/aromatic N) is 4. The first-order valence-corrected chi connectivity index (χ1v) is 8.91. The molecule has 2 amide bonds. The summed E-state index contributed by atoms with van der Waals surface area (Å²) in [4.78, 5) is 31.0. The summed E-state index contributed by atoms with van der Waals surface area (Å²) in [6.45, 7) is 8.19. The molecule has 0 aromatic carbocycles. The summed E-state index contributed by atoms with van der Waals surface area (Å²) in [6, 6.07) is 3.69. The quantitative estimate of drug-likeness (QED) is 0.877. The minimum atomic E-state index is -0.566. The topological polar surface area (TPSA) is 89.4 Å². The first kappa shape index (κ1) is 18.9. The van der Waals surface area contributed by atoms with E-state index in [9.17, 15) is 9.59 Å². The van der Waals surface area contributed by atoms with Crippen LogP contribution in [0.15, 0.2) is 18.3 Å². The lowest BCUT2D eigenvalue weighted by molar-refractivity contribution is 0.0222. The van der Waals surface area contributed by atoms with E-state index in [0.717, 1.165) is 16.8 Å². The molecule has 0 fully saturated rings. The third-order valence-corrected chi connectivity index (χ3v) is 4.35. The van der Waals surface area contributed by atoms with E-state index in [1.807, 2.05) is 46.9 Å². The normalized spacial score (nSPS) is 13.9. The Balaban J connectivity index is 1.83. The zero-order chi connectivity index (χ0) is 19.8. The van der Waals surface area contributed by atoms with Crippen molar-refractivity contribution in [2.24, 2.45) is 7.05 Å². The van der Waals surface area contributed by atoms with Gasteiger partial charge in [-0.2, -0.15) is 5.10 Å². The predicted molar refractivity (Wildman–Crippen MR) is 100 cm³/mol. The monoisotopic (exact) mass is 371 g/mol. The molecule has 0 atom stereocenters. The Morgan fingerprint density at radius 3 is 2.70 bits per heavy atom. The summed E-state index contributed by atoms with van der Waals surface area (Å²) in [5.41, 5.74) is 2.32. The highest BCUT2D eigenvalue weighted by atomic mass is 16.6. The number of pyridine rings is 1. The Bertz CT molecular complexity index is 882. The largest absolute Gasteiger partial charge is 0.444 e. The molecule has 0 spiro atoms. The number of carbonyl (C=O) groups excluding carboxylic acids is 2. The van der Waals surface area contributed by atoms with Crippen LogP contribution in [0.2, 0.25) is 0 Å². The van der Waals surface area contributed by atoms with Crippen LogP contribution in [0.3, 0.4) is 0 Å². The van der Waals surface area contributed by atoms with Gasteiger partial charge >= 0.3 is 6.09 Å². The van der Waals surface area contributed by atoms with Crippen molar-refractivity contribution in [2.45, 2.75) is 46.3 Å².